The first-order valence-corrected chi connectivity index (χ1v) is 11.7. The summed E-state index contributed by atoms with van der Waals surface area (Å²) in [6.45, 7) is 3.12. The number of carbonyl (C=O) groups is 1. The number of benzene rings is 2. The molecule has 2 aliphatic heterocycles. The van der Waals surface area contributed by atoms with Crippen LogP contribution in [-0.4, -0.2) is 38.5 Å². The molecule has 0 bridgehead atoms. The number of fused-ring (bicyclic) bond motifs is 1. The molecule has 0 aromatic heterocycles. The molecule has 2 aromatic rings. The summed E-state index contributed by atoms with van der Waals surface area (Å²) >= 11 is 0. The van der Waals surface area contributed by atoms with Gasteiger partial charge in [0.05, 0.1) is 10.9 Å². The van der Waals surface area contributed by atoms with Crippen molar-refractivity contribution < 1.29 is 22.7 Å². The number of hydrogen-bond acceptors (Lipinski definition) is 5. The molecular formula is C22H26N2O5S. The predicted octanol–water partition coefficient (Wildman–Crippen LogP) is 3.47. The van der Waals surface area contributed by atoms with Crippen molar-refractivity contribution in [3.05, 3.63) is 53.6 Å². The highest BCUT2D eigenvalue weighted by molar-refractivity contribution is 7.89. The summed E-state index contributed by atoms with van der Waals surface area (Å²) < 4.78 is 38.3. The minimum absolute atomic E-state index is 0.160. The zero-order chi connectivity index (χ0) is 21.1. The molecule has 1 amide bonds. The van der Waals surface area contributed by atoms with Gasteiger partial charge in [-0.3, -0.25) is 4.79 Å². The third kappa shape index (κ3) is 4.29. The molecule has 2 aromatic carbocycles. The van der Waals surface area contributed by atoms with Crippen LogP contribution in [0.3, 0.4) is 0 Å². The van der Waals surface area contributed by atoms with Crippen LogP contribution in [0, 0.1) is 0 Å². The molecule has 0 aliphatic carbocycles. The summed E-state index contributed by atoms with van der Waals surface area (Å²) in [6, 6.07) is 11.5. The predicted molar refractivity (Wildman–Crippen MR) is 112 cm³/mol. The number of amides is 1. The van der Waals surface area contributed by atoms with Crippen LogP contribution in [0.25, 0.3) is 0 Å². The van der Waals surface area contributed by atoms with Crippen molar-refractivity contribution in [1.29, 1.82) is 0 Å². The molecule has 160 valence electrons. The van der Waals surface area contributed by atoms with Crippen LogP contribution in [0.5, 0.6) is 11.5 Å². The van der Waals surface area contributed by atoms with Gasteiger partial charge in [-0.15, -0.1) is 0 Å². The number of ether oxygens (including phenoxy) is 2. The molecule has 2 aliphatic rings. The van der Waals surface area contributed by atoms with Crippen LogP contribution in [0.1, 0.15) is 54.6 Å². The maximum atomic E-state index is 13.0. The van der Waals surface area contributed by atoms with E-state index in [2.05, 4.69) is 5.32 Å². The lowest BCUT2D eigenvalue weighted by atomic mass is 10.1. The molecule has 2 heterocycles. The summed E-state index contributed by atoms with van der Waals surface area (Å²) in [5.74, 6) is 1.01. The third-order valence-corrected chi connectivity index (χ3v) is 7.44. The van der Waals surface area contributed by atoms with Crippen molar-refractivity contribution in [2.45, 2.75) is 43.5 Å². The zero-order valence-electron chi connectivity index (χ0n) is 17.0. The molecule has 0 saturated carbocycles. The van der Waals surface area contributed by atoms with E-state index in [4.69, 9.17) is 9.47 Å². The molecule has 7 nitrogen and oxygen atoms in total. The average molecular weight is 431 g/mol. The van der Waals surface area contributed by atoms with Gasteiger partial charge in [-0.1, -0.05) is 25.0 Å². The lowest BCUT2D eigenvalue weighted by molar-refractivity contribution is 0.0939. The second kappa shape index (κ2) is 8.65. The quantitative estimate of drug-likeness (QED) is 0.785. The molecular weight excluding hydrogens is 404 g/mol. The molecule has 1 fully saturated rings. The summed E-state index contributed by atoms with van der Waals surface area (Å²) in [5, 5.41) is 2.93. The maximum absolute atomic E-state index is 13.0. The zero-order valence-corrected chi connectivity index (χ0v) is 17.8. The first-order valence-electron chi connectivity index (χ1n) is 10.3. The van der Waals surface area contributed by atoms with Gasteiger partial charge < -0.3 is 14.8 Å². The van der Waals surface area contributed by atoms with Crippen molar-refractivity contribution in [3.8, 4) is 11.5 Å². The van der Waals surface area contributed by atoms with Gasteiger partial charge in [0.25, 0.3) is 5.91 Å². The van der Waals surface area contributed by atoms with E-state index >= 15 is 0 Å². The number of sulfonamides is 1. The van der Waals surface area contributed by atoms with Crippen molar-refractivity contribution >= 4 is 15.9 Å². The van der Waals surface area contributed by atoms with Crippen molar-refractivity contribution in [3.63, 3.8) is 0 Å². The third-order valence-electron chi connectivity index (χ3n) is 5.54. The Morgan fingerprint density at radius 3 is 2.50 bits per heavy atom. The van der Waals surface area contributed by atoms with Gasteiger partial charge in [-0.25, -0.2) is 8.42 Å². The molecule has 1 unspecified atom stereocenters. The van der Waals surface area contributed by atoms with E-state index < -0.39 is 10.0 Å². The molecule has 1 saturated heterocycles. The fourth-order valence-corrected chi connectivity index (χ4v) is 5.34. The van der Waals surface area contributed by atoms with Gasteiger partial charge in [0.2, 0.25) is 16.8 Å². The number of rotatable bonds is 5. The summed E-state index contributed by atoms with van der Waals surface area (Å²) in [6.07, 6.45) is 3.83. The van der Waals surface area contributed by atoms with Gasteiger partial charge in [-0.2, -0.15) is 4.31 Å². The Balaban J connectivity index is 1.49. The van der Waals surface area contributed by atoms with Gasteiger partial charge in [0.1, 0.15) is 0 Å². The van der Waals surface area contributed by atoms with E-state index in [-0.39, 0.29) is 23.6 Å². The summed E-state index contributed by atoms with van der Waals surface area (Å²) in [4.78, 5) is 13.0. The van der Waals surface area contributed by atoms with E-state index in [1.165, 1.54) is 10.4 Å². The Morgan fingerprint density at radius 1 is 1.00 bits per heavy atom. The smallest absolute Gasteiger partial charge is 0.251 e. The molecule has 0 spiro atoms. The molecule has 1 atom stereocenters. The first kappa shape index (κ1) is 20.7. The van der Waals surface area contributed by atoms with Crippen LogP contribution in [0.2, 0.25) is 0 Å². The monoisotopic (exact) mass is 430 g/mol. The number of nitrogens with zero attached hydrogens (tertiary/aromatic N) is 1. The van der Waals surface area contributed by atoms with Crippen molar-refractivity contribution in [2.24, 2.45) is 0 Å². The van der Waals surface area contributed by atoms with Gasteiger partial charge >= 0.3 is 0 Å². The second-order valence-corrected chi connectivity index (χ2v) is 9.59. The Morgan fingerprint density at radius 2 is 1.73 bits per heavy atom. The van der Waals surface area contributed by atoms with E-state index in [1.54, 1.807) is 18.2 Å². The summed E-state index contributed by atoms with van der Waals surface area (Å²) in [5.41, 5.74) is 1.19. The van der Waals surface area contributed by atoms with Gasteiger partial charge in [-0.05, 0) is 55.7 Å². The van der Waals surface area contributed by atoms with Crippen LogP contribution < -0.4 is 14.8 Å². The Kier molecular flexibility index (Phi) is 5.97. The maximum Gasteiger partial charge on any atom is 0.251 e. The molecule has 0 radical (unpaired) electrons. The average Bonchev–Trinajstić information content (AvgIpc) is 3.04. The largest absolute Gasteiger partial charge is 0.454 e. The number of nitrogens with one attached hydrogen (secondary N) is 1. The highest BCUT2D eigenvalue weighted by atomic mass is 32.2. The topological polar surface area (TPSA) is 84.9 Å². The molecule has 4 rings (SSSR count). The standard InChI is InChI=1S/C22H26N2O5S/c1-16(17-9-10-20-21(14-17)29-15-28-20)23-22(25)18-7-6-8-19(13-18)30(26,27)24-11-4-2-3-5-12-24/h6-10,13-14,16H,2-5,11-12,15H2,1H3,(H,23,25). The minimum Gasteiger partial charge on any atom is -0.454 e. The summed E-state index contributed by atoms with van der Waals surface area (Å²) in [7, 11) is -3.61. The van der Waals surface area contributed by atoms with E-state index in [0.717, 1.165) is 31.2 Å². The number of hydrogen-bond donors (Lipinski definition) is 1. The Bertz CT molecular complexity index is 1030. The molecule has 1 N–H and O–H groups in total. The van der Waals surface area contributed by atoms with Crippen LogP contribution in [-0.2, 0) is 10.0 Å². The Labute approximate surface area is 177 Å². The van der Waals surface area contributed by atoms with E-state index in [1.807, 2.05) is 25.1 Å². The molecule has 8 heteroatoms. The van der Waals surface area contributed by atoms with Crippen molar-refractivity contribution in [1.82, 2.24) is 9.62 Å². The van der Waals surface area contributed by atoms with Gasteiger partial charge in [0, 0.05) is 18.7 Å². The highest BCUT2D eigenvalue weighted by Gasteiger charge is 2.26. The lowest BCUT2D eigenvalue weighted by Gasteiger charge is -2.20. The fourth-order valence-electron chi connectivity index (χ4n) is 3.77. The SMILES string of the molecule is CC(NC(=O)c1cccc(S(=O)(=O)N2CCCCCC2)c1)c1ccc2c(c1)OCO2. The second-order valence-electron chi connectivity index (χ2n) is 7.65. The van der Waals surface area contributed by atoms with E-state index in [0.29, 0.717) is 30.2 Å². The van der Waals surface area contributed by atoms with Crippen LogP contribution in [0.15, 0.2) is 47.4 Å². The van der Waals surface area contributed by atoms with Gasteiger partial charge in [0.15, 0.2) is 11.5 Å². The fraction of sp³-hybridized carbons (Fsp3) is 0.409. The minimum atomic E-state index is -3.61. The Hall–Kier alpha value is -2.58. The normalized spacial score (nSPS) is 17.9. The molecule has 30 heavy (non-hydrogen) atoms. The first-order chi connectivity index (χ1) is 14.4. The van der Waals surface area contributed by atoms with Crippen molar-refractivity contribution in [2.75, 3.05) is 19.9 Å². The lowest BCUT2D eigenvalue weighted by Crippen LogP contribution is -2.32. The van der Waals surface area contributed by atoms with Crippen LogP contribution >= 0.6 is 0 Å². The number of carbonyl (C=O) groups excluding carboxylic acids is 1. The highest BCUT2D eigenvalue weighted by Crippen LogP contribution is 2.34. The van der Waals surface area contributed by atoms with Crippen LogP contribution in [0.4, 0.5) is 0 Å². The van der Waals surface area contributed by atoms with E-state index in [9.17, 15) is 13.2 Å².